The minimum Gasteiger partial charge on any atom is -0.299 e. The van der Waals surface area contributed by atoms with Gasteiger partial charge in [0.15, 0.2) is 0 Å². The molecule has 3 aliphatic rings. The number of ketones is 1. The Morgan fingerprint density at radius 3 is 1.84 bits per heavy atom. The fourth-order valence-corrected chi connectivity index (χ4v) is 7.02. The second-order valence-corrected chi connectivity index (χ2v) is 11.9. The topological polar surface area (TPSA) is 17.1 Å². The van der Waals surface area contributed by atoms with E-state index in [9.17, 15) is 4.79 Å². The van der Waals surface area contributed by atoms with Crippen LogP contribution in [0, 0.1) is 35.5 Å². The van der Waals surface area contributed by atoms with Crippen molar-refractivity contribution in [1.82, 2.24) is 0 Å². The van der Waals surface area contributed by atoms with Gasteiger partial charge in [-0.15, -0.1) is 0 Å². The Kier molecular flexibility index (Phi) is 11.4. The number of allylic oxidation sites excluding steroid dienone is 2. The van der Waals surface area contributed by atoms with Crippen LogP contribution in [0.1, 0.15) is 143 Å². The van der Waals surface area contributed by atoms with Crippen molar-refractivity contribution in [2.45, 2.75) is 143 Å². The zero-order valence-corrected chi connectivity index (χ0v) is 21.9. The third-order valence-electron chi connectivity index (χ3n) is 9.66. The first-order chi connectivity index (χ1) is 15.6. The molecule has 0 saturated heterocycles. The molecule has 0 heterocycles. The molecule has 0 bridgehead atoms. The minimum absolute atomic E-state index is 0.422. The summed E-state index contributed by atoms with van der Waals surface area (Å²) in [5, 5.41) is 0. The number of unbranched alkanes of at least 4 members (excludes halogenated alkanes) is 5. The van der Waals surface area contributed by atoms with Crippen LogP contribution in [0.25, 0.3) is 0 Å². The standard InChI is InChI=1S/C31H54O/c1-4-6-12-24(3)29-22-20-26(29)14-10-8-9-11-15-27-21-23-30(27)31(32)28-18-16-25(17-19-28)13-7-5-2/h12,25-30H,4-11,13-23H2,1-3H3/b24-12-/t25?,26-,27-,28?,29-,30?/m0/s1. The number of hydrogen-bond donors (Lipinski definition) is 0. The first-order valence-electron chi connectivity index (χ1n) is 14.8. The summed E-state index contributed by atoms with van der Waals surface area (Å²) >= 11 is 0. The van der Waals surface area contributed by atoms with Crippen LogP contribution in [0.4, 0.5) is 0 Å². The summed E-state index contributed by atoms with van der Waals surface area (Å²) in [6.45, 7) is 6.95. The summed E-state index contributed by atoms with van der Waals surface area (Å²) < 4.78 is 0. The molecule has 32 heavy (non-hydrogen) atoms. The summed E-state index contributed by atoms with van der Waals surface area (Å²) in [6, 6.07) is 0. The van der Waals surface area contributed by atoms with E-state index in [0.717, 1.165) is 23.7 Å². The van der Waals surface area contributed by atoms with E-state index in [1.807, 2.05) is 0 Å². The van der Waals surface area contributed by atoms with Gasteiger partial charge in [-0.25, -0.2) is 0 Å². The van der Waals surface area contributed by atoms with E-state index in [2.05, 4.69) is 26.8 Å². The monoisotopic (exact) mass is 442 g/mol. The number of carbonyl (C=O) groups is 1. The van der Waals surface area contributed by atoms with Crippen LogP contribution >= 0.6 is 0 Å². The van der Waals surface area contributed by atoms with Crippen molar-refractivity contribution in [2.75, 3.05) is 0 Å². The van der Waals surface area contributed by atoms with E-state index in [1.165, 1.54) is 122 Å². The lowest BCUT2D eigenvalue weighted by molar-refractivity contribution is -0.133. The van der Waals surface area contributed by atoms with Gasteiger partial charge in [0.05, 0.1) is 0 Å². The third-order valence-corrected chi connectivity index (χ3v) is 9.66. The molecule has 0 aromatic heterocycles. The molecule has 0 amide bonds. The van der Waals surface area contributed by atoms with Crippen molar-refractivity contribution in [3.63, 3.8) is 0 Å². The summed E-state index contributed by atoms with van der Waals surface area (Å²) in [5.41, 5.74) is 1.68. The van der Waals surface area contributed by atoms with Gasteiger partial charge in [0.25, 0.3) is 0 Å². The highest BCUT2D eigenvalue weighted by Crippen LogP contribution is 2.44. The molecule has 3 aliphatic carbocycles. The second kappa shape index (κ2) is 14.0. The maximum atomic E-state index is 13.1. The van der Waals surface area contributed by atoms with Crippen molar-refractivity contribution in [1.29, 1.82) is 0 Å². The fraction of sp³-hybridized carbons (Fsp3) is 0.903. The molecule has 0 aliphatic heterocycles. The molecular weight excluding hydrogens is 388 g/mol. The van der Waals surface area contributed by atoms with Crippen LogP contribution in [0.15, 0.2) is 11.6 Å². The van der Waals surface area contributed by atoms with Crippen LogP contribution < -0.4 is 0 Å². The molecule has 1 nitrogen and oxygen atoms in total. The van der Waals surface area contributed by atoms with Gasteiger partial charge in [-0.2, -0.15) is 0 Å². The van der Waals surface area contributed by atoms with Gasteiger partial charge in [-0.3, -0.25) is 4.79 Å². The van der Waals surface area contributed by atoms with E-state index in [4.69, 9.17) is 0 Å². The maximum absolute atomic E-state index is 13.1. The zero-order valence-electron chi connectivity index (χ0n) is 21.9. The van der Waals surface area contributed by atoms with E-state index >= 15 is 0 Å². The summed E-state index contributed by atoms with van der Waals surface area (Å²) in [5.74, 6) is 5.09. The molecule has 0 aromatic carbocycles. The van der Waals surface area contributed by atoms with Gasteiger partial charge in [0.1, 0.15) is 5.78 Å². The van der Waals surface area contributed by atoms with E-state index in [0.29, 0.717) is 17.6 Å². The fourth-order valence-electron chi connectivity index (χ4n) is 7.02. The Balaban J connectivity index is 1.24. The molecule has 3 saturated carbocycles. The molecule has 3 fully saturated rings. The average Bonchev–Trinajstić information content (AvgIpc) is 2.76. The SMILES string of the molecule is CCC/C=C(/C)[C@@H]1CC[C@@H]1CCCCCC[C@H]1CCC1C(=O)C1CCC(CCCC)CC1. The Morgan fingerprint density at radius 1 is 0.688 bits per heavy atom. The highest BCUT2D eigenvalue weighted by atomic mass is 16.1. The third kappa shape index (κ3) is 7.46. The smallest absolute Gasteiger partial charge is 0.139 e. The number of carbonyl (C=O) groups excluding carboxylic acids is 1. The van der Waals surface area contributed by atoms with Crippen LogP contribution in [0.3, 0.4) is 0 Å². The van der Waals surface area contributed by atoms with Gasteiger partial charge in [-0.05, 0) is 101 Å². The molecule has 1 unspecified atom stereocenters. The predicted octanol–water partition coefficient (Wildman–Crippen LogP) is 9.69. The molecule has 0 spiro atoms. The summed E-state index contributed by atoms with van der Waals surface area (Å²) in [7, 11) is 0. The van der Waals surface area contributed by atoms with Crippen molar-refractivity contribution in [3.05, 3.63) is 11.6 Å². The largest absolute Gasteiger partial charge is 0.299 e. The molecule has 0 aromatic rings. The normalized spacial score (nSPS) is 32.9. The highest BCUT2D eigenvalue weighted by Gasteiger charge is 2.39. The number of hydrogen-bond acceptors (Lipinski definition) is 1. The molecular formula is C31H54O. The number of rotatable bonds is 15. The molecule has 0 N–H and O–H groups in total. The Morgan fingerprint density at radius 2 is 1.31 bits per heavy atom. The van der Waals surface area contributed by atoms with Crippen LogP contribution in [-0.4, -0.2) is 5.78 Å². The van der Waals surface area contributed by atoms with Crippen LogP contribution in [-0.2, 0) is 4.79 Å². The Bertz CT molecular complexity index is 567. The molecule has 4 atom stereocenters. The first-order valence-corrected chi connectivity index (χ1v) is 14.8. The van der Waals surface area contributed by atoms with Gasteiger partial charge in [0.2, 0.25) is 0 Å². The van der Waals surface area contributed by atoms with Crippen molar-refractivity contribution >= 4 is 5.78 Å². The highest BCUT2D eigenvalue weighted by molar-refractivity contribution is 5.84. The quantitative estimate of drug-likeness (QED) is 0.182. The lowest BCUT2D eigenvalue weighted by Crippen LogP contribution is -2.38. The number of Topliss-reactive ketones (excluding diaryl/α,β-unsaturated/α-hetero) is 1. The van der Waals surface area contributed by atoms with E-state index in [1.54, 1.807) is 5.57 Å². The predicted molar refractivity (Wildman–Crippen MR) is 139 cm³/mol. The summed E-state index contributed by atoms with van der Waals surface area (Å²) in [4.78, 5) is 13.1. The molecule has 0 radical (unpaired) electrons. The lowest BCUT2D eigenvalue weighted by atomic mass is 9.64. The van der Waals surface area contributed by atoms with Gasteiger partial charge in [-0.1, -0.05) is 76.9 Å². The lowest BCUT2D eigenvalue weighted by Gasteiger charge is -2.39. The van der Waals surface area contributed by atoms with E-state index < -0.39 is 0 Å². The molecule has 3 rings (SSSR count). The first kappa shape index (κ1) is 26.0. The minimum atomic E-state index is 0.422. The maximum Gasteiger partial charge on any atom is 0.139 e. The van der Waals surface area contributed by atoms with Crippen LogP contribution in [0.2, 0.25) is 0 Å². The molecule has 184 valence electrons. The van der Waals surface area contributed by atoms with Gasteiger partial charge in [0, 0.05) is 11.8 Å². The Hall–Kier alpha value is -0.590. The second-order valence-electron chi connectivity index (χ2n) is 11.9. The average molecular weight is 443 g/mol. The van der Waals surface area contributed by atoms with Gasteiger partial charge < -0.3 is 0 Å². The molecule has 1 heteroatoms. The summed E-state index contributed by atoms with van der Waals surface area (Å²) in [6.07, 6.45) is 28.0. The zero-order chi connectivity index (χ0) is 22.8. The van der Waals surface area contributed by atoms with Crippen molar-refractivity contribution < 1.29 is 4.79 Å². The van der Waals surface area contributed by atoms with Gasteiger partial charge >= 0.3 is 0 Å². The Labute approximate surface area is 200 Å². The van der Waals surface area contributed by atoms with E-state index in [-0.39, 0.29) is 0 Å². The van der Waals surface area contributed by atoms with Crippen molar-refractivity contribution in [3.8, 4) is 0 Å². The van der Waals surface area contributed by atoms with Crippen molar-refractivity contribution in [2.24, 2.45) is 35.5 Å². The van der Waals surface area contributed by atoms with Crippen LogP contribution in [0.5, 0.6) is 0 Å².